The zero-order valence-electron chi connectivity index (χ0n) is 14.4. The van der Waals surface area contributed by atoms with Crippen molar-refractivity contribution in [2.24, 2.45) is 0 Å². The van der Waals surface area contributed by atoms with E-state index >= 15 is 0 Å². The summed E-state index contributed by atoms with van der Waals surface area (Å²) in [5.41, 5.74) is 1.56. The molecule has 0 saturated carbocycles. The molecule has 0 unspecified atom stereocenters. The molecule has 1 fully saturated rings. The summed E-state index contributed by atoms with van der Waals surface area (Å²) < 4.78 is 30.1. The fourth-order valence-corrected chi connectivity index (χ4v) is 4.23. The minimum Gasteiger partial charge on any atom is -0.452 e. The molecule has 0 bridgehead atoms. The van der Waals surface area contributed by atoms with Crippen LogP contribution in [0.2, 0.25) is 0 Å². The topological polar surface area (TPSA) is 101 Å². The summed E-state index contributed by atoms with van der Waals surface area (Å²) in [4.78, 5) is 36.7. The van der Waals surface area contributed by atoms with Crippen LogP contribution in [0.1, 0.15) is 35.2 Å². The number of carbonyl (C=O) groups is 3. The number of anilines is 1. The van der Waals surface area contributed by atoms with Gasteiger partial charge in [0.05, 0.1) is 17.5 Å². The first kappa shape index (κ1) is 18.4. The average molecular weight is 380 g/mol. The Balaban J connectivity index is 1.69. The van der Waals surface area contributed by atoms with Crippen molar-refractivity contribution >= 4 is 33.5 Å². The number of fused-ring (bicyclic) bond motifs is 1. The van der Waals surface area contributed by atoms with Crippen molar-refractivity contribution in [3.63, 3.8) is 0 Å². The van der Waals surface area contributed by atoms with Crippen LogP contribution in [0.15, 0.2) is 18.2 Å². The summed E-state index contributed by atoms with van der Waals surface area (Å²) in [5, 5.41) is 0. The van der Waals surface area contributed by atoms with Gasteiger partial charge in [-0.05, 0) is 43.0 Å². The summed E-state index contributed by atoms with van der Waals surface area (Å²) in [6.45, 7) is 0.278. The van der Waals surface area contributed by atoms with Crippen LogP contribution in [-0.4, -0.2) is 57.1 Å². The SMILES string of the molecule is CS(=O)(=O)N1CCCc2cc(C(=O)OCC(=O)N3CCCC3=O)ccc21. The highest BCUT2D eigenvalue weighted by Crippen LogP contribution is 2.30. The van der Waals surface area contributed by atoms with Crippen LogP contribution in [0, 0.1) is 0 Å². The van der Waals surface area contributed by atoms with E-state index in [-0.39, 0.29) is 11.5 Å². The van der Waals surface area contributed by atoms with Crippen LogP contribution in [0.25, 0.3) is 0 Å². The van der Waals surface area contributed by atoms with Crippen molar-refractivity contribution in [3.05, 3.63) is 29.3 Å². The molecule has 0 radical (unpaired) electrons. The molecule has 8 nitrogen and oxygen atoms in total. The lowest BCUT2D eigenvalue weighted by atomic mass is 10.0. The zero-order valence-corrected chi connectivity index (χ0v) is 15.3. The van der Waals surface area contributed by atoms with Gasteiger partial charge in [-0.15, -0.1) is 0 Å². The molecular formula is C17H20N2O6S. The molecule has 3 rings (SSSR count). The molecule has 1 aromatic rings. The molecule has 0 N–H and O–H groups in total. The second-order valence-electron chi connectivity index (χ2n) is 6.40. The summed E-state index contributed by atoms with van der Waals surface area (Å²) >= 11 is 0. The van der Waals surface area contributed by atoms with Crippen LogP contribution in [0.3, 0.4) is 0 Å². The molecule has 2 amide bonds. The fourth-order valence-electron chi connectivity index (χ4n) is 3.23. The molecule has 0 aromatic heterocycles. The molecule has 1 saturated heterocycles. The van der Waals surface area contributed by atoms with Crippen molar-refractivity contribution in [1.82, 2.24) is 4.90 Å². The molecule has 2 aliphatic heterocycles. The Hall–Kier alpha value is -2.42. The van der Waals surface area contributed by atoms with Gasteiger partial charge in [0, 0.05) is 19.5 Å². The van der Waals surface area contributed by atoms with Crippen molar-refractivity contribution in [2.75, 3.05) is 30.3 Å². The van der Waals surface area contributed by atoms with Crippen LogP contribution in [0.5, 0.6) is 0 Å². The summed E-state index contributed by atoms with van der Waals surface area (Å²) in [6.07, 6.45) is 3.43. The number of aryl methyl sites for hydroxylation is 1. The molecule has 140 valence electrons. The Morgan fingerprint density at radius 3 is 2.54 bits per heavy atom. The van der Waals surface area contributed by atoms with E-state index in [1.54, 1.807) is 12.1 Å². The molecule has 1 aromatic carbocycles. The number of hydrogen-bond acceptors (Lipinski definition) is 6. The van der Waals surface area contributed by atoms with Crippen LogP contribution in [0.4, 0.5) is 5.69 Å². The molecular weight excluding hydrogens is 360 g/mol. The van der Waals surface area contributed by atoms with E-state index in [4.69, 9.17) is 4.74 Å². The van der Waals surface area contributed by atoms with Gasteiger partial charge in [0.15, 0.2) is 6.61 Å². The third-order valence-corrected chi connectivity index (χ3v) is 5.67. The lowest BCUT2D eigenvalue weighted by molar-refractivity contribution is -0.143. The van der Waals surface area contributed by atoms with E-state index in [9.17, 15) is 22.8 Å². The first-order valence-electron chi connectivity index (χ1n) is 8.38. The lowest BCUT2D eigenvalue weighted by Crippen LogP contribution is -2.35. The van der Waals surface area contributed by atoms with Crippen LogP contribution < -0.4 is 4.31 Å². The highest BCUT2D eigenvalue weighted by molar-refractivity contribution is 7.92. The number of carbonyl (C=O) groups excluding carboxylic acids is 3. The summed E-state index contributed by atoms with van der Waals surface area (Å²) in [6, 6.07) is 4.66. The molecule has 26 heavy (non-hydrogen) atoms. The lowest BCUT2D eigenvalue weighted by Gasteiger charge is -2.29. The van der Waals surface area contributed by atoms with Crippen molar-refractivity contribution in [2.45, 2.75) is 25.7 Å². The maximum atomic E-state index is 12.2. The van der Waals surface area contributed by atoms with Gasteiger partial charge in [0.25, 0.3) is 5.91 Å². The second-order valence-corrected chi connectivity index (χ2v) is 8.31. The minimum absolute atomic E-state index is 0.249. The normalized spacial score (nSPS) is 17.2. The van der Waals surface area contributed by atoms with E-state index in [2.05, 4.69) is 0 Å². The average Bonchev–Trinajstić information content (AvgIpc) is 3.03. The number of likely N-dealkylation sites (tertiary alicyclic amines) is 1. The number of nitrogens with zero attached hydrogens (tertiary/aromatic N) is 2. The van der Waals surface area contributed by atoms with Crippen LogP contribution >= 0.6 is 0 Å². The van der Waals surface area contributed by atoms with Crippen molar-refractivity contribution in [1.29, 1.82) is 0 Å². The fraction of sp³-hybridized carbons (Fsp3) is 0.471. The highest BCUT2D eigenvalue weighted by atomic mass is 32.2. The van der Waals surface area contributed by atoms with E-state index in [1.807, 2.05) is 0 Å². The van der Waals surface area contributed by atoms with Gasteiger partial charge in [-0.25, -0.2) is 13.2 Å². The Morgan fingerprint density at radius 1 is 1.15 bits per heavy atom. The summed E-state index contributed by atoms with van der Waals surface area (Å²) in [5.74, 6) is -1.45. The molecule has 2 heterocycles. The van der Waals surface area contributed by atoms with Gasteiger partial charge < -0.3 is 4.74 Å². The monoisotopic (exact) mass is 380 g/mol. The predicted octanol–water partition coefficient (Wildman–Crippen LogP) is 0.705. The first-order chi connectivity index (χ1) is 12.3. The molecule has 0 spiro atoms. The molecule has 9 heteroatoms. The third kappa shape index (κ3) is 3.72. The Labute approximate surface area is 151 Å². The number of sulfonamides is 1. The van der Waals surface area contributed by atoms with E-state index in [1.165, 1.54) is 10.4 Å². The number of benzene rings is 1. The van der Waals surface area contributed by atoms with Gasteiger partial charge in [-0.2, -0.15) is 0 Å². The van der Waals surface area contributed by atoms with E-state index in [0.29, 0.717) is 44.5 Å². The smallest absolute Gasteiger partial charge is 0.338 e. The number of rotatable bonds is 4. The van der Waals surface area contributed by atoms with Gasteiger partial charge in [-0.3, -0.25) is 18.8 Å². The number of esters is 1. The molecule has 0 atom stereocenters. The van der Waals surface area contributed by atoms with Crippen molar-refractivity contribution < 1.29 is 27.5 Å². The standard InChI is InChI=1S/C17H20N2O6S/c1-26(23,24)19-9-2-4-12-10-13(6-7-14(12)19)17(22)25-11-16(21)18-8-3-5-15(18)20/h6-7,10H,2-5,8-9,11H2,1H3. The van der Waals surface area contributed by atoms with E-state index in [0.717, 1.165) is 16.7 Å². The quantitative estimate of drug-likeness (QED) is 0.713. The van der Waals surface area contributed by atoms with Crippen molar-refractivity contribution in [3.8, 4) is 0 Å². The first-order valence-corrected chi connectivity index (χ1v) is 10.2. The maximum Gasteiger partial charge on any atom is 0.338 e. The number of hydrogen-bond donors (Lipinski definition) is 0. The zero-order chi connectivity index (χ0) is 18.9. The Morgan fingerprint density at radius 2 is 1.88 bits per heavy atom. The van der Waals surface area contributed by atoms with E-state index < -0.39 is 28.5 Å². The second kappa shape index (κ2) is 7.06. The molecule has 2 aliphatic rings. The largest absolute Gasteiger partial charge is 0.452 e. The minimum atomic E-state index is -3.37. The Bertz CT molecular complexity index is 864. The van der Waals surface area contributed by atoms with Gasteiger partial charge in [-0.1, -0.05) is 0 Å². The molecule has 0 aliphatic carbocycles. The van der Waals surface area contributed by atoms with Gasteiger partial charge in [0.1, 0.15) is 0 Å². The number of imide groups is 1. The number of ether oxygens (including phenoxy) is 1. The van der Waals surface area contributed by atoms with Crippen LogP contribution in [-0.2, 0) is 30.8 Å². The number of amides is 2. The third-order valence-electron chi connectivity index (χ3n) is 4.49. The van der Waals surface area contributed by atoms with Gasteiger partial charge in [0.2, 0.25) is 15.9 Å². The van der Waals surface area contributed by atoms with Gasteiger partial charge >= 0.3 is 5.97 Å². The summed E-state index contributed by atoms with van der Waals surface area (Å²) in [7, 11) is -3.37. The Kier molecular flexibility index (Phi) is 4.99. The maximum absolute atomic E-state index is 12.2. The highest BCUT2D eigenvalue weighted by Gasteiger charge is 2.28. The predicted molar refractivity (Wildman–Crippen MR) is 93.2 cm³/mol.